The molecule has 2 N–H and O–H groups in total. The first-order chi connectivity index (χ1) is 16.2. The number of anilines is 3. The second-order valence-electron chi connectivity index (χ2n) is 9.71. The van der Waals surface area contributed by atoms with Crippen LogP contribution in [0.5, 0.6) is 0 Å². The third kappa shape index (κ3) is 5.86. The van der Waals surface area contributed by atoms with E-state index in [4.69, 9.17) is 9.97 Å². The van der Waals surface area contributed by atoms with Gasteiger partial charge in [0.05, 0.1) is 16.3 Å². The van der Waals surface area contributed by atoms with Crippen LogP contribution in [-0.4, -0.2) is 9.97 Å². The quantitative estimate of drug-likeness (QED) is 0.315. The molecule has 6 heteroatoms. The zero-order valence-corrected chi connectivity index (χ0v) is 22.4. The summed E-state index contributed by atoms with van der Waals surface area (Å²) in [5.41, 5.74) is 8.09. The average Bonchev–Trinajstić information content (AvgIpc) is 3.42. The summed E-state index contributed by atoms with van der Waals surface area (Å²) in [7, 11) is 0. The van der Waals surface area contributed by atoms with Crippen LogP contribution in [-0.2, 0) is 6.42 Å². The lowest BCUT2D eigenvalue weighted by molar-refractivity contribution is 0.349. The second kappa shape index (κ2) is 10.3. The van der Waals surface area contributed by atoms with Gasteiger partial charge in [-0.2, -0.15) is 0 Å². The fourth-order valence-electron chi connectivity index (χ4n) is 3.90. The zero-order valence-electron chi connectivity index (χ0n) is 20.8. The molecule has 34 heavy (non-hydrogen) atoms. The standard InChI is InChI=1S/C28H34N4S2/c1-7-28(5,6)16-22-14-13-18(2)15-23(22)31-26-32-24(17-33-26)25-20(4)30-27(34-25)29-19(3)21-11-9-8-10-12-21/h8-9,11,13-15,17H,3,7,10,12,16H2,1-2,4-6H3,(H,29,30)(H,31,32). The first-order valence-electron chi connectivity index (χ1n) is 11.9. The lowest BCUT2D eigenvalue weighted by atomic mass is 9.83. The Labute approximate surface area is 211 Å². The number of hydrogen-bond acceptors (Lipinski definition) is 6. The van der Waals surface area contributed by atoms with Crippen molar-refractivity contribution in [1.29, 1.82) is 0 Å². The monoisotopic (exact) mass is 490 g/mol. The number of nitrogens with zero attached hydrogens (tertiary/aromatic N) is 2. The smallest absolute Gasteiger partial charge is 0.188 e. The molecule has 3 aromatic rings. The van der Waals surface area contributed by atoms with E-state index in [9.17, 15) is 0 Å². The first kappa shape index (κ1) is 24.4. The van der Waals surface area contributed by atoms with Crippen molar-refractivity contribution >= 4 is 38.6 Å². The Kier molecular flexibility index (Phi) is 7.39. The molecular formula is C28H34N4S2. The molecule has 0 saturated carbocycles. The van der Waals surface area contributed by atoms with Crippen molar-refractivity contribution < 1.29 is 0 Å². The Bertz CT molecular complexity index is 1240. The van der Waals surface area contributed by atoms with E-state index in [1.807, 2.05) is 6.92 Å². The van der Waals surface area contributed by atoms with Crippen molar-refractivity contribution in [2.75, 3.05) is 10.6 Å². The third-order valence-corrected chi connectivity index (χ3v) is 8.18. The van der Waals surface area contributed by atoms with Crippen molar-refractivity contribution in [2.24, 2.45) is 5.41 Å². The number of aromatic nitrogens is 2. The summed E-state index contributed by atoms with van der Waals surface area (Å²) in [6, 6.07) is 6.67. The number of aryl methyl sites for hydroxylation is 2. The molecule has 0 spiro atoms. The third-order valence-electron chi connectivity index (χ3n) is 6.33. The molecular weight excluding hydrogens is 456 g/mol. The van der Waals surface area contributed by atoms with Gasteiger partial charge in [0.1, 0.15) is 0 Å². The van der Waals surface area contributed by atoms with Crippen LogP contribution in [0.2, 0.25) is 0 Å². The predicted molar refractivity (Wildman–Crippen MR) is 149 cm³/mol. The Hall–Kier alpha value is -2.70. The summed E-state index contributed by atoms with van der Waals surface area (Å²) in [6.45, 7) is 15.3. The maximum atomic E-state index is 4.91. The van der Waals surface area contributed by atoms with E-state index in [-0.39, 0.29) is 5.41 Å². The fraction of sp³-hybridized carbons (Fsp3) is 0.357. The van der Waals surface area contributed by atoms with Gasteiger partial charge in [-0.25, -0.2) is 9.97 Å². The zero-order chi connectivity index (χ0) is 24.3. The summed E-state index contributed by atoms with van der Waals surface area (Å²) >= 11 is 3.26. The van der Waals surface area contributed by atoms with Gasteiger partial charge in [-0.15, -0.1) is 11.3 Å². The Morgan fingerprint density at radius 2 is 2.00 bits per heavy atom. The molecule has 1 aromatic carbocycles. The van der Waals surface area contributed by atoms with Crippen LogP contribution >= 0.6 is 22.7 Å². The minimum atomic E-state index is 0.261. The highest BCUT2D eigenvalue weighted by Crippen LogP contribution is 2.37. The van der Waals surface area contributed by atoms with E-state index < -0.39 is 0 Å². The molecule has 4 rings (SSSR count). The van der Waals surface area contributed by atoms with Crippen LogP contribution in [0.25, 0.3) is 10.6 Å². The maximum absolute atomic E-state index is 4.91. The molecule has 1 aliphatic carbocycles. The molecule has 4 nitrogen and oxygen atoms in total. The highest BCUT2D eigenvalue weighted by Gasteiger charge is 2.19. The van der Waals surface area contributed by atoms with Crippen LogP contribution in [0.1, 0.15) is 56.9 Å². The molecule has 2 heterocycles. The van der Waals surface area contributed by atoms with E-state index in [1.165, 1.54) is 16.7 Å². The van der Waals surface area contributed by atoms with E-state index in [0.717, 1.165) is 63.6 Å². The van der Waals surface area contributed by atoms with Gasteiger partial charge < -0.3 is 10.6 Å². The van der Waals surface area contributed by atoms with Crippen molar-refractivity contribution in [3.8, 4) is 10.6 Å². The van der Waals surface area contributed by atoms with Gasteiger partial charge in [0.15, 0.2) is 10.3 Å². The van der Waals surface area contributed by atoms with E-state index in [2.05, 4.69) is 86.7 Å². The summed E-state index contributed by atoms with van der Waals surface area (Å²) < 4.78 is 0. The summed E-state index contributed by atoms with van der Waals surface area (Å²) in [5.74, 6) is 0. The number of allylic oxidation sites excluding steroid dienone is 4. The number of nitrogens with one attached hydrogen (secondary N) is 2. The van der Waals surface area contributed by atoms with Gasteiger partial charge in [0.2, 0.25) is 0 Å². The summed E-state index contributed by atoms with van der Waals surface area (Å²) in [5, 5.41) is 10.9. The van der Waals surface area contributed by atoms with Gasteiger partial charge >= 0.3 is 0 Å². The van der Waals surface area contributed by atoms with Crippen molar-refractivity contribution in [2.45, 2.75) is 60.3 Å². The average molecular weight is 491 g/mol. The SMILES string of the molecule is C=C(Nc1nc(C)c(-c2csc(Nc3cc(C)ccc3CC(C)(C)CC)n2)s1)C1=CC=CCC1. The highest BCUT2D eigenvalue weighted by molar-refractivity contribution is 7.19. The van der Waals surface area contributed by atoms with Crippen LogP contribution in [0.3, 0.4) is 0 Å². The molecule has 0 unspecified atom stereocenters. The molecule has 0 atom stereocenters. The second-order valence-corrected chi connectivity index (χ2v) is 11.6. The molecule has 0 fully saturated rings. The van der Waals surface area contributed by atoms with E-state index in [0.29, 0.717) is 0 Å². The molecule has 0 radical (unpaired) electrons. The van der Waals surface area contributed by atoms with Gasteiger partial charge in [0.25, 0.3) is 0 Å². The summed E-state index contributed by atoms with van der Waals surface area (Å²) in [4.78, 5) is 10.7. The lowest BCUT2D eigenvalue weighted by Gasteiger charge is -2.24. The fourth-order valence-corrected chi connectivity index (χ4v) is 5.64. The molecule has 2 aromatic heterocycles. The van der Waals surface area contributed by atoms with Gasteiger partial charge in [-0.05, 0) is 61.3 Å². The van der Waals surface area contributed by atoms with Gasteiger partial charge in [0, 0.05) is 16.8 Å². The first-order valence-corrected chi connectivity index (χ1v) is 13.6. The molecule has 178 valence electrons. The Morgan fingerprint density at radius 3 is 2.74 bits per heavy atom. The molecule has 1 aliphatic rings. The molecule has 0 saturated heterocycles. The predicted octanol–water partition coefficient (Wildman–Crippen LogP) is 8.81. The number of benzene rings is 1. The van der Waals surface area contributed by atoms with E-state index >= 15 is 0 Å². The van der Waals surface area contributed by atoms with Gasteiger partial charge in [-0.3, -0.25) is 0 Å². The molecule has 0 aliphatic heterocycles. The Balaban J connectivity index is 1.51. The minimum Gasteiger partial charge on any atom is -0.332 e. The lowest BCUT2D eigenvalue weighted by Crippen LogP contribution is -2.14. The number of thiazole rings is 2. The Morgan fingerprint density at radius 1 is 1.18 bits per heavy atom. The van der Waals surface area contributed by atoms with Crippen molar-refractivity contribution in [3.63, 3.8) is 0 Å². The minimum absolute atomic E-state index is 0.261. The van der Waals surface area contributed by atoms with Crippen LogP contribution in [0, 0.1) is 19.3 Å². The largest absolute Gasteiger partial charge is 0.332 e. The summed E-state index contributed by atoms with van der Waals surface area (Å²) in [6.07, 6.45) is 10.6. The number of hydrogen-bond donors (Lipinski definition) is 2. The van der Waals surface area contributed by atoms with Crippen LogP contribution in [0.4, 0.5) is 16.0 Å². The van der Waals surface area contributed by atoms with E-state index in [1.54, 1.807) is 22.7 Å². The topological polar surface area (TPSA) is 49.8 Å². The van der Waals surface area contributed by atoms with Crippen molar-refractivity contribution in [3.05, 3.63) is 76.5 Å². The normalized spacial score (nSPS) is 13.6. The number of rotatable bonds is 9. The maximum Gasteiger partial charge on any atom is 0.188 e. The highest BCUT2D eigenvalue weighted by atomic mass is 32.1. The molecule has 0 amide bonds. The molecule has 0 bridgehead atoms. The van der Waals surface area contributed by atoms with Crippen LogP contribution < -0.4 is 10.6 Å². The van der Waals surface area contributed by atoms with Crippen molar-refractivity contribution in [1.82, 2.24) is 9.97 Å². The van der Waals surface area contributed by atoms with Gasteiger partial charge in [-0.1, -0.05) is 75.5 Å². The van der Waals surface area contributed by atoms with Crippen LogP contribution in [0.15, 0.2) is 59.7 Å².